The number of benzene rings is 2. The van der Waals surface area contributed by atoms with E-state index in [2.05, 4.69) is 0 Å². The summed E-state index contributed by atoms with van der Waals surface area (Å²) in [7, 11) is -2.37. The normalized spacial score (nSPS) is 13.0. The van der Waals surface area contributed by atoms with Crippen LogP contribution in [0.4, 0.5) is 0 Å². The second-order valence-electron chi connectivity index (χ2n) is 6.57. The molecule has 2 rings (SSSR count). The first-order valence-electron chi connectivity index (χ1n) is 8.48. The Bertz CT molecular complexity index is 856. The number of ether oxygens (including phenoxy) is 1. The predicted octanol–water partition coefficient (Wildman–Crippen LogP) is 3.67. The van der Waals surface area contributed by atoms with Gasteiger partial charge in [0.1, 0.15) is 5.75 Å². The van der Waals surface area contributed by atoms with Crippen molar-refractivity contribution in [3.05, 3.63) is 59.7 Å². The van der Waals surface area contributed by atoms with E-state index in [1.54, 1.807) is 31.2 Å². The molecule has 140 valence electrons. The third-order valence-electron chi connectivity index (χ3n) is 4.13. The van der Waals surface area contributed by atoms with Crippen LogP contribution in [0.2, 0.25) is 0 Å². The number of aryl methyl sites for hydroxylation is 1. The SMILES string of the molecule is Cc1ccc(C(=O)C(C)N(C)S(=O)(=O)c2ccc(OC(C)C)cc2)cc1. The maximum absolute atomic E-state index is 12.8. The van der Waals surface area contributed by atoms with Gasteiger partial charge in [-0.2, -0.15) is 4.31 Å². The van der Waals surface area contributed by atoms with E-state index < -0.39 is 16.1 Å². The van der Waals surface area contributed by atoms with Crippen molar-refractivity contribution in [2.75, 3.05) is 7.05 Å². The van der Waals surface area contributed by atoms with Gasteiger partial charge in [-0.15, -0.1) is 0 Å². The smallest absolute Gasteiger partial charge is 0.243 e. The minimum absolute atomic E-state index is 0.00674. The highest BCUT2D eigenvalue weighted by Crippen LogP contribution is 2.22. The van der Waals surface area contributed by atoms with Crippen molar-refractivity contribution < 1.29 is 17.9 Å². The zero-order chi connectivity index (χ0) is 19.5. The molecule has 0 aliphatic rings. The molecule has 0 heterocycles. The minimum Gasteiger partial charge on any atom is -0.491 e. The molecular weight excluding hydrogens is 350 g/mol. The highest BCUT2D eigenvalue weighted by Gasteiger charge is 2.30. The topological polar surface area (TPSA) is 63.7 Å². The van der Waals surface area contributed by atoms with E-state index in [0.29, 0.717) is 11.3 Å². The first-order chi connectivity index (χ1) is 12.1. The van der Waals surface area contributed by atoms with E-state index in [1.807, 2.05) is 32.9 Å². The summed E-state index contributed by atoms with van der Waals surface area (Å²) in [6.07, 6.45) is 0.00674. The van der Waals surface area contributed by atoms with Crippen molar-refractivity contribution >= 4 is 15.8 Å². The van der Waals surface area contributed by atoms with Crippen LogP contribution in [0, 0.1) is 6.92 Å². The zero-order valence-corrected chi connectivity index (χ0v) is 16.6. The Kier molecular flexibility index (Phi) is 6.21. The number of rotatable bonds is 7. The number of carbonyl (C=O) groups excluding carboxylic acids is 1. The predicted molar refractivity (Wildman–Crippen MR) is 102 cm³/mol. The van der Waals surface area contributed by atoms with Gasteiger partial charge in [0, 0.05) is 12.6 Å². The van der Waals surface area contributed by atoms with Crippen molar-refractivity contribution in [2.45, 2.75) is 44.7 Å². The molecule has 0 aliphatic heterocycles. The number of ketones is 1. The van der Waals surface area contributed by atoms with Crippen molar-refractivity contribution in [3.63, 3.8) is 0 Å². The Balaban J connectivity index is 2.21. The summed E-state index contributed by atoms with van der Waals surface area (Å²) in [6.45, 7) is 7.32. The van der Waals surface area contributed by atoms with Gasteiger partial charge in [0.15, 0.2) is 5.78 Å². The van der Waals surface area contributed by atoms with E-state index in [9.17, 15) is 13.2 Å². The molecule has 1 unspecified atom stereocenters. The monoisotopic (exact) mass is 375 g/mol. The first-order valence-corrected chi connectivity index (χ1v) is 9.92. The number of sulfonamides is 1. The van der Waals surface area contributed by atoms with Crippen molar-refractivity contribution in [3.8, 4) is 5.75 Å². The van der Waals surface area contributed by atoms with Crippen LogP contribution >= 0.6 is 0 Å². The molecule has 0 bridgehead atoms. The van der Waals surface area contributed by atoms with Crippen LogP contribution in [0.5, 0.6) is 5.75 Å². The Morgan fingerprint density at radius 2 is 1.50 bits per heavy atom. The Hall–Kier alpha value is -2.18. The average Bonchev–Trinajstić information content (AvgIpc) is 2.60. The standard InChI is InChI=1S/C20H25NO4S/c1-14(2)25-18-10-12-19(13-11-18)26(23,24)21(5)16(4)20(22)17-8-6-15(3)7-9-17/h6-14,16H,1-5H3. The molecule has 0 saturated carbocycles. The van der Waals surface area contributed by atoms with E-state index in [0.717, 1.165) is 9.87 Å². The molecule has 2 aromatic rings. The maximum atomic E-state index is 12.8. The Morgan fingerprint density at radius 1 is 0.962 bits per heavy atom. The fourth-order valence-corrected chi connectivity index (χ4v) is 3.79. The molecule has 0 spiro atoms. The molecule has 2 aromatic carbocycles. The van der Waals surface area contributed by atoms with Gasteiger partial charge in [-0.05, 0) is 52.0 Å². The number of Topliss-reactive ketones (excluding diaryl/α,β-unsaturated/α-hetero) is 1. The molecule has 0 saturated heterocycles. The molecule has 0 aromatic heterocycles. The van der Waals surface area contributed by atoms with Gasteiger partial charge in [0.2, 0.25) is 10.0 Å². The van der Waals surface area contributed by atoms with Gasteiger partial charge >= 0.3 is 0 Å². The number of hydrogen-bond acceptors (Lipinski definition) is 4. The van der Waals surface area contributed by atoms with Gasteiger partial charge in [0.05, 0.1) is 17.0 Å². The minimum atomic E-state index is -3.79. The summed E-state index contributed by atoms with van der Waals surface area (Å²) in [6, 6.07) is 12.5. The summed E-state index contributed by atoms with van der Waals surface area (Å²) < 4.78 is 32.3. The van der Waals surface area contributed by atoms with Gasteiger partial charge in [-0.3, -0.25) is 4.79 Å². The highest BCUT2D eigenvalue weighted by molar-refractivity contribution is 7.89. The molecule has 0 N–H and O–H groups in total. The van der Waals surface area contributed by atoms with Crippen LogP contribution in [0.1, 0.15) is 36.7 Å². The fraction of sp³-hybridized carbons (Fsp3) is 0.350. The molecule has 1 atom stereocenters. The zero-order valence-electron chi connectivity index (χ0n) is 15.8. The van der Waals surface area contributed by atoms with Gasteiger partial charge < -0.3 is 4.74 Å². The summed E-state index contributed by atoms with van der Waals surface area (Å²) in [5.74, 6) is 0.362. The molecule has 0 aliphatic carbocycles. The first kappa shape index (κ1) is 20.1. The largest absolute Gasteiger partial charge is 0.491 e. The van der Waals surface area contributed by atoms with Crippen LogP contribution in [0.15, 0.2) is 53.4 Å². The lowest BCUT2D eigenvalue weighted by molar-refractivity contribution is 0.0919. The molecule has 6 heteroatoms. The van der Waals surface area contributed by atoms with Gasteiger partial charge in [-0.1, -0.05) is 29.8 Å². The van der Waals surface area contributed by atoms with Crippen molar-refractivity contribution in [1.82, 2.24) is 4.31 Å². The quantitative estimate of drug-likeness (QED) is 0.693. The molecule has 26 heavy (non-hydrogen) atoms. The molecule has 0 fully saturated rings. The summed E-state index contributed by atoms with van der Waals surface area (Å²) in [4.78, 5) is 12.7. The number of hydrogen-bond donors (Lipinski definition) is 0. The lowest BCUT2D eigenvalue weighted by atomic mass is 10.0. The van der Waals surface area contributed by atoms with E-state index in [1.165, 1.54) is 19.2 Å². The van der Waals surface area contributed by atoms with Crippen LogP contribution in [0.25, 0.3) is 0 Å². The van der Waals surface area contributed by atoms with Crippen LogP contribution in [-0.2, 0) is 10.0 Å². The second-order valence-corrected chi connectivity index (χ2v) is 8.56. The molecule has 0 radical (unpaired) electrons. The van der Waals surface area contributed by atoms with Crippen LogP contribution in [0.3, 0.4) is 0 Å². The molecular formula is C20H25NO4S. The third-order valence-corrected chi connectivity index (χ3v) is 6.08. The fourth-order valence-electron chi connectivity index (χ4n) is 2.46. The maximum Gasteiger partial charge on any atom is 0.243 e. The lowest BCUT2D eigenvalue weighted by Crippen LogP contribution is -2.40. The van der Waals surface area contributed by atoms with Crippen molar-refractivity contribution in [2.24, 2.45) is 0 Å². The number of carbonyl (C=O) groups is 1. The summed E-state index contributed by atoms with van der Waals surface area (Å²) in [5, 5.41) is 0. The lowest BCUT2D eigenvalue weighted by Gasteiger charge is -2.23. The van der Waals surface area contributed by atoms with E-state index in [-0.39, 0.29) is 16.8 Å². The van der Waals surface area contributed by atoms with Gasteiger partial charge in [-0.25, -0.2) is 8.42 Å². The van der Waals surface area contributed by atoms with E-state index >= 15 is 0 Å². The van der Waals surface area contributed by atoms with Gasteiger partial charge in [0.25, 0.3) is 0 Å². The summed E-state index contributed by atoms with van der Waals surface area (Å²) >= 11 is 0. The van der Waals surface area contributed by atoms with E-state index in [4.69, 9.17) is 4.74 Å². The number of nitrogens with zero attached hydrogens (tertiary/aromatic N) is 1. The second kappa shape index (κ2) is 8.01. The Labute approximate surface area is 155 Å². The molecule has 0 amide bonds. The van der Waals surface area contributed by atoms with Crippen LogP contribution < -0.4 is 4.74 Å². The van der Waals surface area contributed by atoms with Crippen molar-refractivity contribution in [1.29, 1.82) is 0 Å². The average molecular weight is 375 g/mol. The third kappa shape index (κ3) is 4.51. The highest BCUT2D eigenvalue weighted by atomic mass is 32.2. The number of likely N-dealkylation sites (N-methyl/N-ethyl adjacent to an activating group) is 1. The molecule has 5 nitrogen and oxygen atoms in total. The summed E-state index contributed by atoms with van der Waals surface area (Å²) in [5.41, 5.74) is 1.53. The Morgan fingerprint density at radius 3 is 2.00 bits per heavy atom. The van der Waals surface area contributed by atoms with Crippen LogP contribution in [-0.4, -0.2) is 37.7 Å².